The van der Waals surface area contributed by atoms with Crippen LogP contribution in [0.25, 0.3) is 0 Å². The first-order valence-corrected chi connectivity index (χ1v) is 8.01. The lowest BCUT2D eigenvalue weighted by atomic mass is 9.91. The third kappa shape index (κ3) is 1.80. The normalized spacial score (nSPS) is 36.7. The molecule has 0 spiro atoms. The Morgan fingerprint density at radius 1 is 1.24 bits per heavy atom. The van der Waals surface area contributed by atoms with E-state index in [2.05, 4.69) is 20.8 Å². The molecule has 3 fully saturated rings. The number of hydrogen-bond donors (Lipinski definition) is 0. The first-order valence-electron chi connectivity index (χ1n) is 8.01. The van der Waals surface area contributed by atoms with Crippen molar-refractivity contribution < 1.29 is 13.9 Å². The maximum Gasteiger partial charge on any atom is 0.376 e. The van der Waals surface area contributed by atoms with Crippen LogP contribution in [0.15, 0.2) is 4.42 Å². The van der Waals surface area contributed by atoms with E-state index in [9.17, 15) is 4.79 Å². The van der Waals surface area contributed by atoms with E-state index in [0.717, 1.165) is 35.3 Å². The van der Waals surface area contributed by atoms with Gasteiger partial charge in [0.05, 0.1) is 12.8 Å². The molecule has 1 heterocycles. The molecule has 114 valence electrons. The summed E-state index contributed by atoms with van der Waals surface area (Å²) in [6, 6.07) is 0. The molecule has 0 amide bonds. The van der Waals surface area contributed by atoms with E-state index in [1.807, 2.05) is 0 Å². The van der Waals surface area contributed by atoms with Crippen molar-refractivity contribution in [2.75, 3.05) is 7.11 Å². The Hall–Kier alpha value is -1.32. The molecule has 4 unspecified atom stereocenters. The summed E-state index contributed by atoms with van der Waals surface area (Å²) in [5, 5.41) is 0. The van der Waals surface area contributed by atoms with Crippen molar-refractivity contribution in [3.05, 3.63) is 17.3 Å². The van der Waals surface area contributed by atoms with Gasteiger partial charge in [-0.15, -0.1) is 0 Å². The Morgan fingerprint density at radius 3 is 2.38 bits per heavy atom. The molecule has 4 rings (SSSR count). The van der Waals surface area contributed by atoms with Gasteiger partial charge in [-0.3, -0.25) is 0 Å². The third-order valence-electron chi connectivity index (χ3n) is 5.75. The second-order valence-corrected chi connectivity index (χ2v) is 7.99. The van der Waals surface area contributed by atoms with Gasteiger partial charge in [0, 0.05) is 11.3 Å². The molecule has 2 bridgehead atoms. The van der Waals surface area contributed by atoms with Gasteiger partial charge < -0.3 is 9.15 Å². The fraction of sp³-hybridized carbons (Fsp3) is 0.765. The number of methoxy groups -OCH3 is 1. The molecule has 3 aliphatic rings. The van der Waals surface area contributed by atoms with Crippen LogP contribution in [0.1, 0.15) is 68.1 Å². The highest BCUT2D eigenvalue weighted by molar-refractivity contribution is 5.87. The van der Waals surface area contributed by atoms with Gasteiger partial charge in [0.2, 0.25) is 5.76 Å². The van der Waals surface area contributed by atoms with Crippen molar-refractivity contribution in [2.45, 2.75) is 51.4 Å². The second kappa shape index (κ2) is 4.11. The lowest BCUT2D eigenvalue weighted by Gasteiger charge is -2.15. The van der Waals surface area contributed by atoms with Crippen molar-refractivity contribution in [3.63, 3.8) is 0 Å². The van der Waals surface area contributed by atoms with E-state index in [1.54, 1.807) is 0 Å². The van der Waals surface area contributed by atoms with Crippen molar-refractivity contribution in [3.8, 4) is 0 Å². The lowest BCUT2D eigenvalue weighted by Crippen LogP contribution is -2.17. The third-order valence-corrected chi connectivity index (χ3v) is 5.75. The van der Waals surface area contributed by atoms with E-state index in [0.29, 0.717) is 11.7 Å². The number of fused-ring (bicyclic) bond motifs is 5. The summed E-state index contributed by atoms with van der Waals surface area (Å²) < 4.78 is 10.8. The van der Waals surface area contributed by atoms with E-state index in [1.165, 1.54) is 26.4 Å². The minimum absolute atomic E-state index is 0.214. The molecule has 3 saturated carbocycles. The van der Waals surface area contributed by atoms with Crippen molar-refractivity contribution in [1.82, 2.24) is 4.98 Å². The van der Waals surface area contributed by atoms with Crippen LogP contribution in [0.4, 0.5) is 0 Å². The van der Waals surface area contributed by atoms with Crippen LogP contribution in [0, 0.1) is 23.7 Å². The van der Waals surface area contributed by atoms with Crippen LogP contribution in [0.5, 0.6) is 0 Å². The average Bonchev–Trinajstić information content (AvgIpc) is 2.85. The maximum atomic E-state index is 12.0. The van der Waals surface area contributed by atoms with E-state index < -0.39 is 5.97 Å². The van der Waals surface area contributed by atoms with Crippen LogP contribution in [-0.4, -0.2) is 18.1 Å². The van der Waals surface area contributed by atoms with Gasteiger partial charge in [0.15, 0.2) is 5.89 Å². The first-order chi connectivity index (χ1) is 9.91. The molecule has 0 aliphatic heterocycles. The Morgan fingerprint density at radius 2 is 1.86 bits per heavy atom. The smallest absolute Gasteiger partial charge is 0.376 e. The molecule has 0 N–H and O–H groups in total. The summed E-state index contributed by atoms with van der Waals surface area (Å²) >= 11 is 0. The topological polar surface area (TPSA) is 52.3 Å². The molecule has 21 heavy (non-hydrogen) atoms. The number of oxazole rings is 1. The van der Waals surface area contributed by atoms with Gasteiger partial charge in [0.25, 0.3) is 0 Å². The fourth-order valence-corrected chi connectivity index (χ4v) is 4.87. The number of esters is 1. The maximum absolute atomic E-state index is 12.0. The highest BCUT2D eigenvalue weighted by Crippen LogP contribution is 2.73. The second-order valence-electron chi connectivity index (χ2n) is 7.99. The molecule has 1 aromatic heterocycles. The molecule has 0 radical (unpaired) electrons. The van der Waals surface area contributed by atoms with Crippen LogP contribution in [-0.2, 0) is 10.2 Å². The average molecular weight is 289 g/mol. The Bertz CT molecular complexity index is 582. The van der Waals surface area contributed by atoms with Crippen LogP contribution in [0.2, 0.25) is 0 Å². The molecular formula is C17H23NO3. The number of nitrogens with zero attached hydrogens (tertiary/aromatic N) is 1. The zero-order chi connectivity index (χ0) is 14.9. The number of rotatable bonds is 2. The molecule has 4 nitrogen and oxygen atoms in total. The minimum atomic E-state index is -0.410. The molecule has 4 heteroatoms. The van der Waals surface area contributed by atoms with Crippen LogP contribution >= 0.6 is 0 Å². The number of aromatic nitrogens is 1. The molecule has 3 aliphatic carbocycles. The standard InChI is InChI=1S/C17H23NO3/c1-17(2,3)14-13(16(19)20-4)21-15(18-14)12-10-8-5-6-9(7-8)11(10)12/h8-12H,5-7H2,1-4H3. The van der Waals surface area contributed by atoms with Crippen molar-refractivity contribution in [2.24, 2.45) is 23.7 Å². The van der Waals surface area contributed by atoms with E-state index >= 15 is 0 Å². The van der Waals surface area contributed by atoms with Gasteiger partial charge in [0.1, 0.15) is 0 Å². The number of carbonyl (C=O) groups excluding carboxylic acids is 1. The minimum Gasteiger partial charge on any atom is -0.463 e. The van der Waals surface area contributed by atoms with Crippen LogP contribution in [0.3, 0.4) is 0 Å². The summed E-state index contributed by atoms with van der Waals surface area (Å²) in [6.45, 7) is 6.16. The number of carbonyl (C=O) groups is 1. The monoisotopic (exact) mass is 289 g/mol. The van der Waals surface area contributed by atoms with Gasteiger partial charge >= 0.3 is 5.97 Å². The van der Waals surface area contributed by atoms with E-state index in [4.69, 9.17) is 14.1 Å². The Balaban J connectivity index is 1.69. The first kappa shape index (κ1) is 13.4. The zero-order valence-corrected chi connectivity index (χ0v) is 13.2. The Labute approximate surface area is 125 Å². The molecule has 1 aromatic rings. The summed E-state index contributed by atoms with van der Waals surface area (Å²) in [4.78, 5) is 16.7. The lowest BCUT2D eigenvalue weighted by molar-refractivity contribution is 0.0559. The summed E-state index contributed by atoms with van der Waals surface area (Å²) in [5.74, 6) is 4.40. The summed E-state index contributed by atoms with van der Waals surface area (Å²) in [5.41, 5.74) is 0.524. The van der Waals surface area contributed by atoms with Crippen molar-refractivity contribution >= 4 is 5.97 Å². The SMILES string of the molecule is COC(=O)c1oc(C2C3C4CCC(C4)C23)nc1C(C)(C)C. The quantitative estimate of drug-likeness (QED) is 0.782. The summed E-state index contributed by atoms with van der Waals surface area (Å²) in [6.07, 6.45) is 4.15. The van der Waals surface area contributed by atoms with Crippen molar-refractivity contribution in [1.29, 1.82) is 0 Å². The largest absolute Gasteiger partial charge is 0.463 e. The zero-order valence-electron chi connectivity index (χ0n) is 13.2. The highest BCUT2D eigenvalue weighted by Gasteiger charge is 2.67. The van der Waals surface area contributed by atoms with Crippen LogP contribution < -0.4 is 0 Å². The van der Waals surface area contributed by atoms with Gasteiger partial charge in [-0.2, -0.15) is 0 Å². The molecule has 0 aromatic carbocycles. The molecule has 4 atom stereocenters. The Kier molecular flexibility index (Phi) is 2.61. The number of ether oxygens (including phenoxy) is 1. The fourth-order valence-electron chi connectivity index (χ4n) is 4.87. The predicted octanol–water partition coefficient (Wildman–Crippen LogP) is 3.52. The number of hydrogen-bond acceptors (Lipinski definition) is 4. The molecule has 0 saturated heterocycles. The van der Waals surface area contributed by atoms with E-state index in [-0.39, 0.29) is 5.41 Å². The van der Waals surface area contributed by atoms with Gasteiger partial charge in [-0.25, -0.2) is 9.78 Å². The summed E-state index contributed by atoms with van der Waals surface area (Å²) in [7, 11) is 1.39. The molecular weight excluding hydrogens is 266 g/mol. The predicted molar refractivity (Wildman–Crippen MR) is 77.1 cm³/mol. The van der Waals surface area contributed by atoms with Gasteiger partial charge in [-0.05, 0) is 42.9 Å². The highest BCUT2D eigenvalue weighted by atomic mass is 16.5. The van der Waals surface area contributed by atoms with Gasteiger partial charge in [-0.1, -0.05) is 20.8 Å².